The number of nitrogens with one attached hydrogen (secondary N) is 2. The fourth-order valence-corrected chi connectivity index (χ4v) is 3.75. The second-order valence-electron chi connectivity index (χ2n) is 6.22. The summed E-state index contributed by atoms with van der Waals surface area (Å²) in [6.07, 6.45) is 0. The Bertz CT molecular complexity index is 899. The van der Waals surface area contributed by atoms with Crippen molar-refractivity contribution in [3.63, 3.8) is 0 Å². The summed E-state index contributed by atoms with van der Waals surface area (Å²) >= 11 is 0. The van der Waals surface area contributed by atoms with Crippen LogP contribution in [-0.4, -0.2) is 47.3 Å². The van der Waals surface area contributed by atoms with Gasteiger partial charge in [0.1, 0.15) is 0 Å². The minimum atomic E-state index is -3.66. The Morgan fingerprint density at radius 2 is 1.66 bits per heavy atom. The van der Waals surface area contributed by atoms with Crippen molar-refractivity contribution < 1.29 is 27.4 Å². The van der Waals surface area contributed by atoms with Crippen LogP contribution in [0.5, 0.6) is 11.5 Å². The molecule has 0 bridgehead atoms. The molecule has 0 aliphatic heterocycles. The summed E-state index contributed by atoms with van der Waals surface area (Å²) in [5.74, 6) is 0.661. The monoisotopic (exact) mass is 422 g/mol. The number of ether oxygens (including phenoxy) is 3. The number of carbonyl (C=O) groups excluding carboxylic acids is 1. The number of carbonyl (C=O) groups is 1. The molecule has 0 heterocycles. The Labute approximate surface area is 171 Å². The smallest absolute Gasteiger partial charge is 0.262 e. The van der Waals surface area contributed by atoms with Gasteiger partial charge in [-0.2, -0.15) is 0 Å². The molecule has 158 valence electrons. The Balaban J connectivity index is 1.93. The first-order valence-corrected chi connectivity index (χ1v) is 10.6. The predicted molar refractivity (Wildman–Crippen MR) is 110 cm³/mol. The quantitative estimate of drug-likeness (QED) is 0.577. The van der Waals surface area contributed by atoms with Crippen LogP contribution in [0.1, 0.15) is 13.8 Å². The SMILES string of the molecule is CCOc1ccccc1OCC(=O)Nc1ccc(S(=O)(=O)NC(C)COC)cc1. The Hall–Kier alpha value is -2.62. The van der Waals surface area contributed by atoms with Crippen molar-refractivity contribution in [1.82, 2.24) is 4.72 Å². The number of anilines is 1. The summed E-state index contributed by atoms with van der Waals surface area (Å²) in [5.41, 5.74) is 0.459. The highest BCUT2D eigenvalue weighted by atomic mass is 32.2. The van der Waals surface area contributed by atoms with Crippen LogP contribution in [0, 0.1) is 0 Å². The number of rotatable bonds is 11. The highest BCUT2D eigenvalue weighted by Gasteiger charge is 2.17. The van der Waals surface area contributed by atoms with Crippen molar-refractivity contribution >= 4 is 21.6 Å². The minimum absolute atomic E-state index is 0.0975. The van der Waals surface area contributed by atoms with E-state index in [1.165, 1.54) is 31.4 Å². The van der Waals surface area contributed by atoms with Gasteiger partial charge in [0.15, 0.2) is 18.1 Å². The molecule has 2 aromatic rings. The largest absolute Gasteiger partial charge is 0.490 e. The van der Waals surface area contributed by atoms with E-state index in [1.807, 2.05) is 13.0 Å². The van der Waals surface area contributed by atoms with Crippen molar-refractivity contribution in [3.05, 3.63) is 48.5 Å². The highest BCUT2D eigenvalue weighted by Crippen LogP contribution is 2.26. The zero-order valence-corrected chi connectivity index (χ0v) is 17.5. The van der Waals surface area contributed by atoms with E-state index < -0.39 is 10.0 Å². The molecular formula is C20H26N2O6S. The molecule has 0 saturated carbocycles. The number of hydrogen-bond donors (Lipinski definition) is 2. The molecule has 0 fully saturated rings. The van der Waals surface area contributed by atoms with E-state index in [2.05, 4.69) is 10.0 Å². The lowest BCUT2D eigenvalue weighted by atomic mass is 10.3. The van der Waals surface area contributed by atoms with E-state index >= 15 is 0 Å². The standard InChI is InChI=1S/C20H26N2O6S/c1-4-27-18-7-5-6-8-19(18)28-14-20(23)21-16-9-11-17(12-10-16)29(24,25)22-15(2)13-26-3/h5-12,15,22H,4,13-14H2,1-3H3,(H,21,23). The molecule has 0 spiro atoms. The molecule has 1 amide bonds. The zero-order chi connectivity index (χ0) is 21.3. The van der Waals surface area contributed by atoms with E-state index in [4.69, 9.17) is 14.2 Å². The minimum Gasteiger partial charge on any atom is -0.490 e. The number of amides is 1. The predicted octanol–water partition coefficient (Wildman–Crippen LogP) is 2.42. The van der Waals surface area contributed by atoms with E-state index in [1.54, 1.807) is 25.1 Å². The third-order valence-corrected chi connectivity index (χ3v) is 5.33. The number of sulfonamides is 1. The lowest BCUT2D eigenvalue weighted by Gasteiger charge is -2.14. The van der Waals surface area contributed by atoms with Gasteiger partial charge in [-0.25, -0.2) is 13.1 Å². The number of methoxy groups -OCH3 is 1. The first-order chi connectivity index (χ1) is 13.9. The zero-order valence-electron chi connectivity index (χ0n) is 16.7. The van der Waals surface area contributed by atoms with Crippen molar-refractivity contribution in [2.75, 3.05) is 32.2 Å². The number of benzene rings is 2. The fourth-order valence-electron chi connectivity index (χ4n) is 2.52. The molecule has 8 nitrogen and oxygen atoms in total. The van der Waals surface area contributed by atoms with E-state index in [-0.39, 0.29) is 30.1 Å². The van der Waals surface area contributed by atoms with Gasteiger partial charge in [-0.05, 0) is 50.2 Å². The Morgan fingerprint density at radius 1 is 1.03 bits per heavy atom. The second kappa shape index (κ2) is 10.8. The van der Waals surface area contributed by atoms with Crippen LogP contribution in [0.4, 0.5) is 5.69 Å². The van der Waals surface area contributed by atoms with Gasteiger partial charge in [0.05, 0.1) is 18.1 Å². The van der Waals surface area contributed by atoms with Crippen LogP contribution in [0.25, 0.3) is 0 Å². The lowest BCUT2D eigenvalue weighted by Crippen LogP contribution is -2.35. The van der Waals surface area contributed by atoms with Crippen LogP contribution in [-0.2, 0) is 19.6 Å². The second-order valence-corrected chi connectivity index (χ2v) is 7.93. The molecule has 0 aromatic heterocycles. The third kappa shape index (κ3) is 7.04. The van der Waals surface area contributed by atoms with E-state index in [9.17, 15) is 13.2 Å². The van der Waals surface area contributed by atoms with Crippen molar-refractivity contribution in [2.24, 2.45) is 0 Å². The molecule has 2 N–H and O–H groups in total. The molecule has 29 heavy (non-hydrogen) atoms. The van der Waals surface area contributed by atoms with Gasteiger partial charge in [0, 0.05) is 18.8 Å². The summed E-state index contributed by atoms with van der Waals surface area (Å²) in [6, 6.07) is 12.6. The molecule has 0 saturated heterocycles. The normalized spacial score (nSPS) is 12.2. The fraction of sp³-hybridized carbons (Fsp3) is 0.350. The van der Waals surface area contributed by atoms with Crippen molar-refractivity contribution in [1.29, 1.82) is 0 Å². The van der Waals surface area contributed by atoms with Gasteiger partial charge in [0.25, 0.3) is 5.91 Å². The number of hydrogen-bond acceptors (Lipinski definition) is 6. The van der Waals surface area contributed by atoms with Crippen molar-refractivity contribution in [2.45, 2.75) is 24.8 Å². The molecular weight excluding hydrogens is 396 g/mol. The molecule has 2 rings (SSSR count). The molecule has 1 atom stereocenters. The van der Waals surface area contributed by atoms with Crippen molar-refractivity contribution in [3.8, 4) is 11.5 Å². The molecule has 0 aliphatic carbocycles. The average molecular weight is 423 g/mol. The van der Waals surface area contributed by atoms with Gasteiger partial charge in [-0.1, -0.05) is 12.1 Å². The first-order valence-electron chi connectivity index (χ1n) is 9.11. The highest BCUT2D eigenvalue weighted by molar-refractivity contribution is 7.89. The first kappa shape index (κ1) is 22.7. The average Bonchev–Trinajstić information content (AvgIpc) is 2.68. The molecule has 0 radical (unpaired) electrons. The Kier molecular flexibility index (Phi) is 8.44. The summed E-state index contributed by atoms with van der Waals surface area (Å²) in [6.45, 7) is 4.11. The molecule has 9 heteroatoms. The van der Waals surface area contributed by atoms with Gasteiger partial charge in [-0.3, -0.25) is 4.79 Å². The maximum absolute atomic E-state index is 12.3. The van der Waals surface area contributed by atoms with Crippen LogP contribution in [0.3, 0.4) is 0 Å². The summed E-state index contributed by atoms with van der Waals surface area (Å²) in [5, 5.41) is 2.66. The molecule has 2 aromatic carbocycles. The van der Waals surface area contributed by atoms with Gasteiger partial charge in [0.2, 0.25) is 10.0 Å². The molecule has 1 unspecified atom stereocenters. The van der Waals surface area contributed by atoms with Crippen LogP contribution >= 0.6 is 0 Å². The summed E-state index contributed by atoms with van der Waals surface area (Å²) in [7, 11) is -2.16. The van der Waals surface area contributed by atoms with Crippen LogP contribution < -0.4 is 19.5 Å². The number of para-hydroxylation sites is 2. The topological polar surface area (TPSA) is 103 Å². The maximum atomic E-state index is 12.3. The van der Waals surface area contributed by atoms with Gasteiger partial charge in [-0.15, -0.1) is 0 Å². The van der Waals surface area contributed by atoms with Gasteiger partial charge >= 0.3 is 0 Å². The lowest BCUT2D eigenvalue weighted by molar-refractivity contribution is -0.118. The Morgan fingerprint density at radius 3 is 2.24 bits per heavy atom. The van der Waals surface area contributed by atoms with Gasteiger partial charge < -0.3 is 19.5 Å². The van der Waals surface area contributed by atoms with Crippen LogP contribution in [0.2, 0.25) is 0 Å². The summed E-state index contributed by atoms with van der Waals surface area (Å²) < 4.78 is 43.0. The summed E-state index contributed by atoms with van der Waals surface area (Å²) in [4.78, 5) is 12.2. The molecule has 0 aliphatic rings. The maximum Gasteiger partial charge on any atom is 0.262 e. The van der Waals surface area contributed by atoms with E-state index in [0.717, 1.165) is 0 Å². The van der Waals surface area contributed by atoms with Crippen LogP contribution in [0.15, 0.2) is 53.4 Å². The third-order valence-electron chi connectivity index (χ3n) is 3.73. The van der Waals surface area contributed by atoms with E-state index in [0.29, 0.717) is 23.8 Å².